The van der Waals surface area contributed by atoms with Crippen molar-refractivity contribution in [3.8, 4) is 28.3 Å². The molecule has 33 heavy (non-hydrogen) atoms. The highest BCUT2D eigenvalue weighted by Gasteiger charge is 2.41. The summed E-state index contributed by atoms with van der Waals surface area (Å²) in [6, 6.07) is 17.2. The molecule has 1 fully saturated rings. The molecule has 0 unspecified atom stereocenters. The van der Waals surface area contributed by atoms with Crippen molar-refractivity contribution in [3.63, 3.8) is 0 Å². The van der Waals surface area contributed by atoms with Gasteiger partial charge in [0, 0.05) is 22.6 Å². The van der Waals surface area contributed by atoms with Gasteiger partial charge in [-0.15, -0.1) is 0 Å². The number of nitrogens with zero attached hydrogens (tertiary/aromatic N) is 3. The topological polar surface area (TPSA) is 129 Å². The Morgan fingerprint density at radius 1 is 1.15 bits per heavy atom. The van der Waals surface area contributed by atoms with Crippen LogP contribution in [0.5, 0.6) is 5.75 Å². The molecule has 5 N–H and O–H groups in total. The maximum absolute atomic E-state index is 12.3. The number of nitrogen functional groups attached to an aromatic ring is 1. The fraction of sp³-hybridized carbons (Fsp3) is 0.240. The number of anilines is 1. The summed E-state index contributed by atoms with van der Waals surface area (Å²) in [4.78, 5) is 17.1. The highest BCUT2D eigenvalue weighted by atomic mass is 16.5. The van der Waals surface area contributed by atoms with Gasteiger partial charge in [-0.25, -0.2) is 9.67 Å². The van der Waals surface area contributed by atoms with Crippen LogP contribution < -0.4 is 16.2 Å². The Balaban J connectivity index is 1.65. The minimum absolute atomic E-state index is 0.0878. The number of carbonyl (C=O) groups is 1. The SMILES string of the molecule is COc1cc(-c2ccccc2)nc2cc(-c3nn(C4CC(C)(O)C4)c(N)c3C(N)=O)ccc12. The van der Waals surface area contributed by atoms with Gasteiger partial charge < -0.3 is 21.3 Å². The molecule has 1 aliphatic rings. The minimum atomic E-state index is -0.757. The number of nitrogens with two attached hydrogens (primary N) is 2. The van der Waals surface area contributed by atoms with E-state index >= 15 is 0 Å². The first-order valence-electron chi connectivity index (χ1n) is 10.7. The average Bonchev–Trinajstić information content (AvgIpc) is 3.13. The maximum Gasteiger partial charge on any atom is 0.254 e. The van der Waals surface area contributed by atoms with Gasteiger partial charge in [0.15, 0.2) is 0 Å². The lowest BCUT2D eigenvalue weighted by Crippen LogP contribution is -2.42. The Kier molecular flexibility index (Phi) is 4.83. The molecule has 0 aliphatic heterocycles. The molecule has 2 aromatic heterocycles. The summed E-state index contributed by atoms with van der Waals surface area (Å²) >= 11 is 0. The number of methoxy groups -OCH3 is 1. The van der Waals surface area contributed by atoms with Gasteiger partial charge in [0.25, 0.3) is 5.91 Å². The van der Waals surface area contributed by atoms with E-state index in [2.05, 4.69) is 5.10 Å². The summed E-state index contributed by atoms with van der Waals surface area (Å²) < 4.78 is 7.22. The van der Waals surface area contributed by atoms with Crippen LogP contribution in [0.1, 0.15) is 36.2 Å². The minimum Gasteiger partial charge on any atom is -0.496 e. The number of hydrogen-bond acceptors (Lipinski definition) is 6. The number of rotatable bonds is 5. The summed E-state index contributed by atoms with van der Waals surface area (Å²) in [7, 11) is 1.62. The Morgan fingerprint density at radius 3 is 2.52 bits per heavy atom. The van der Waals surface area contributed by atoms with Gasteiger partial charge in [0.2, 0.25) is 0 Å². The van der Waals surface area contributed by atoms with Crippen LogP contribution in [0.15, 0.2) is 54.6 Å². The molecule has 2 aromatic carbocycles. The molecule has 5 rings (SSSR count). The molecular formula is C25H25N5O3. The molecule has 168 valence electrons. The molecular weight excluding hydrogens is 418 g/mol. The molecule has 2 heterocycles. The summed E-state index contributed by atoms with van der Waals surface area (Å²) in [6.45, 7) is 1.77. The highest BCUT2D eigenvalue weighted by molar-refractivity contribution is 6.04. The summed E-state index contributed by atoms with van der Waals surface area (Å²) in [5.41, 5.74) is 14.9. The van der Waals surface area contributed by atoms with E-state index in [0.717, 1.165) is 16.6 Å². The summed E-state index contributed by atoms with van der Waals surface area (Å²) in [5, 5.41) is 15.6. The van der Waals surface area contributed by atoms with Crippen LogP contribution >= 0.6 is 0 Å². The number of carbonyl (C=O) groups excluding carboxylic acids is 1. The zero-order valence-corrected chi connectivity index (χ0v) is 18.4. The molecule has 8 heteroatoms. The highest BCUT2D eigenvalue weighted by Crippen LogP contribution is 2.43. The second-order valence-corrected chi connectivity index (χ2v) is 8.78. The van der Waals surface area contributed by atoms with Crippen LogP contribution in [0, 0.1) is 0 Å². The standard InChI is InChI=1S/C25H25N5O3/c1-25(32)12-16(13-25)30-23(26)21(24(27)31)22(29-30)15-8-9-17-19(10-15)28-18(11-20(17)33-2)14-6-4-3-5-7-14/h3-11,16,32H,12-13,26H2,1-2H3,(H2,27,31). The maximum atomic E-state index is 12.3. The van der Waals surface area contributed by atoms with Crippen molar-refractivity contribution in [1.29, 1.82) is 0 Å². The van der Waals surface area contributed by atoms with Crippen molar-refractivity contribution in [1.82, 2.24) is 14.8 Å². The first kappa shape index (κ1) is 21.0. The van der Waals surface area contributed by atoms with E-state index in [1.165, 1.54) is 0 Å². The van der Waals surface area contributed by atoms with Crippen LogP contribution in [0.3, 0.4) is 0 Å². The van der Waals surface area contributed by atoms with Crippen LogP contribution in [0.25, 0.3) is 33.4 Å². The molecule has 8 nitrogen and oxygen atoms in total. The van der Waals surface area contributed by atoms with Gasteiger partial charge in [-0.05, 0) is 31.9 Å². The number of aromatic nitrogens is 3. The predicted octanol–water partition coefficient (Wildman–Crippen LogP) is 3.54. The zero-order chi connectivity index (χ0) is 23.3. The van der Waals surface area contributed by atoms with Gasteiger partial charge >= 0.3 is 0 Å². The smallest absolute Gasteiger partial charge is 0.254 e. The van der Waals surface area contributed by atoms with Crippen molar-refractivity contribution in [2.24, 2.45) is 5.73 Å². The van der Waals surface area contributed by atoms with Crippen molar-refractivity contribution >= 4 is 22.6 Å². The van der Waals surface area contributed by atoms with Crippen molar-refractivity contribution in [2.75, 3.05) is 12.8 Å². The molecule has 0 atom stereocenters. The molecule has 0 spiro atoms. The lowest BCUT2D eigenvalue weighted by atomic mass is 9.77. The summed E-state index contributed by atoms with van der Waals surface area (Å²) in [5.74, 6) is 0.257. The van der Waals surface area contributed by atoms with Crippen molar-refractivity contribution in [2.45, 2.75) is 31.4 Å². The van der Waals surface area contributed by atoms with Crippen LogP contribution in [-0.4, -0.2) is 38.5 Å². The fourth-order valence-electron chi connectivity index (χ4n) is 4.57. The Morgan fingerprint density at radius 2 is 1.88 bits per heavy atom. The predicted molar refractivity (Wildman–Crippen MR) is 127 cm³/mol. The zero-order valence-electron chi connectivity index (χ0n) is 18.4. The number of aliphatic hydroxyl groups is 1. The number of primary amides is 1. The number of benzene rings is 2. The molecule has 1 amide bonds. The second-order valence-electron chi connectivity index (χ2n) is 8.78. The van der Waals surface area contributed by atoms with Crippen molar-refractivity contribution < 1.29 is 14.6 Å². The Labute approximate surface area is 190 Å². The third kappa shape index (κ3) is 3.58. The molecule has 0 radical (unpaired) electrons. The molecule has 0 saturated heterocycles. The Hall–Kier alpha value is -3.91. The number of fused-ring (bicyclic) bond motifs is 1. The molecule has 1 aliphatic carbocycles. The van der Waals surface area contributed by atoms with Gasteiger partial charge in [-0.2, -0.15) is 5.10 Å². The monoisotopic (exact) mass is 443 g/mol. The lowest BCUT2D eigenvalue weighted by Gasteiger charge is -2.41. The lowest BCUT2D eigenvalue weighted by molar-refractivity contribution is -0.0535. The van der Waals surface area contributed by atoms with Gasteiger partial charge in [0.1, 0.15) is 22.8 Å². The van der Waals surface area contributed by atoms with E-state index in [9.17, 15) is 9.90 Å². The first-order chi connectivity index (χ1) is 15.8. The van der Waals surface area contributed by atoms with Gasteiger partial charge in [-0.3, -0.25) is 4.79 Å². The first-order valence-corrected chi connectivity index (χ1v) is 10.7. The van der Waals surface area contributed by atoms with Crippen LogP contribution in [0.2, 0.25) is 0 Å². The van der Waals surface area contributed by atoms with E-state index < -0.39 is 11.5 Å². The van der Waals surface area contributed by atoms with E-state index in [4.69, 9.17) is 21.2 Å². The van der Waals surface area contributed by atoms with E-state index in [0.29, 0.717) is 35.4 Å². The third-order valence-corrected chi connectivity index (χ3v) is 6.23. The average molecular weight is 444 g/mol. The number of amides is 1. The second kappa shape index (κ2) is 7.60. The number of hydrogen-bond donors (Lipinski definition) is 3. The third-order valence-electron chi connectivity index (χ3n) is 6.23. The van der Waals surface area contributed by atoms with E-state index in [1.807, 2.05) is 54.6 Å². The van der Waals surface area contributed by atoms with Crippen LogP contribution in [-0.2, 0) is 0 Å². The quantitative estimate of drug-likeness (QED) is 0.433. The molecule has 1 saturated carbocycles. The Bertz CT molecular complexity index is 1370. The number of ether oxygens (including phenoxy) is 1. The van der Waals surface area contributed by atoms with Gasteiger partial charge in [0.05, 0.1) is 30.0 Å². The fourth-order valence-corrected chi connectivity index (χ4v) is 4.57. The van der Waals surface area contributed by atoms with E-state index in [1.54, 1.807) is 18.7 Å². The van der Waals surface area contributed by atoms with Crippen molar-refractivity contribution in [3.05, 3.63) is 60.2 Å². The largest absolute Gasteiger partial charge is 0.496 e. The normalized spacial score (nSPS) is 19.9. The van der Waals surface area contributed by atoms with Crippen LogP contribution in [0.4, 0.5) is 5.82 Å². The van der Waals surface area contributed by atoms with E-state index in [-0.39, 0.29) is 17.4 Å². The molecule has 4 aromatic rings. The van der Waals surface area contributed by atoms with Gasteiger partial charge in [-0.1, -0.05) is 36.4 Å². The number of pyridine rings is 1. The molecule has 0 bridgehead atoms. The summed E-state index contributed by atoms with van der Waals surface area (Å²) in [6.07, 6.45) is 1.01.